The number of hydrogen-bond donors (Lipinski definition) is 0. The maximum atomic E-state index is 4.70. The average molecular weight is 483 g/mol. The average Bonchev–Trinajstić information content (AvgIpc) is 2.59. The summed E-state index contributed by atoms with van der Waals surface area (Å²) in [5.41, 5.74) is 5.38. The van der Waals surface area contributed by atoms with E-state index in [0.29, 0.717) is 0 Å². The molecule has 121 valence electrons. The molecule has 0 unspecified atom stereocenters. The molecule has 0 aliphatic rings. The van der Waals surface area contributed by atoms with Gasteiger partial charge in [-0.15, -0.1) is 0 Å². The Morgan fingerprint density at radius 3 is 2.30 bits per heavy atom. The number of unbranched alkanes of at least 4 members (excludes halogenated alkanes) is 3. The topological polar surface area (TPSA) is 25.8 Å². The number of nitrogens with zero attached hydrogens (tertiary/aromatic N) is 2. The molecule has 0 spiro atoms. The van der Waals surface area contributed by atoms with Crippen molar-refractivity contribution in [3.63, 3.8) is 0 Å². The summed E-state index contributed by atoms with van der Waals surface area (Å²) in [5, 5.41) is 0. The summed E-state index contributed by atoms with van der Waals surface area (Å²) in [7, 11) is 0. The number of hydrogen-bond acceptors (Lipinski definition) is 2. The molecule has 3 heteroatoms. The standard InChI is InChI=1S/C20H22N2.Ir/c1-2-3-4-5-8-16-11-13-17(14-12-16)20-15-21-18-9-6-7-10-19(18)22-20;/h6-7,9-15H,2-5,8H2,1H3;. The number of rotatable bonds is 6. The molecule has 2 nitrogen and oxygen atoms in total. The van der Waals surface area contributed by atoms with E-state index in [0.717, 1.165) is 22.3 Å². The number of para-hydroxylation sites is 2. The Morgan fingerprint density at radius 2 is 1.57 bits per heavy atom. The first-order valence-corrected chi connectivity index (χ1v) is 8.18. The normalized spacial score (nSPS) is 10.5. The van der Waals surface area contributed by atoms with Gasteiger partial charge in [-0.3, -0.25) is 4.98 Å². The Morgan fingerprint density at radius 1 is 0.826 bits per heavy atom. The van der Waals surface area contributed by atoms with E-state index in [2.05, 4.69) is 36.2 Å². The van der Waals surface area contributed by atoms with Gasteiger partial charge in [0.1, 0.15) is 0 Å². The molecule has 1 radical (unpaired) electrons. The van der Waals surface area contributed by atoms with E-state index in [4.69, 9.17) is 4.98 Å². The van der Waals surface area contributed by atoms with Crippen LogP contribution in [0.15, 0.2) is 54.7 Å². The van der Waals surface area contributed by atoms with Crippen LogP contribution in [0.3, 0.4) is 0 Å². The fourth-order valence-electron chi connectivity index (χ4n) is 2.69. The van der Waals surface area contributed by atoms with Crippen LogP contribution >= 0.6 is 0 Å². The van der Waals surface area contributed by atoms with Crippen molar-refractivity contribution in [1.29, 1.82) is 0 Å². The SMILES string of the molecule is CCCCCCc1ccc(-c2cnc3ccccc3n2)cc1.[Ir]. The van der Waals surface area contributed by atoms with Crippen molar-refractivity contribution < 1.29 is 20.1 Å². The molecule has 3 rings (SSSR count). The Balaban J connectivity index is 0.00000192. The number of benzene rings is 2. The molecule has 23 heavy (non-hydrogen) atoms. The second-order valence-corrected chi connectivity index (χ2v) is 5.75. The molecular formula is C20H22IrN2. The summed E-state index contributed by atoms with van der Waals surface area (Å²) in [6.45, 7) is 2.25. The van der Waals surface area contributed by atoms with Crippen LogP contribution in [0.1, 0.15) is 38.2 Å². The summed E-state index contributed by atoms with van der Waals surface area (Å²) < 4.78 is 0. The van der Waals surface area contributed by atoms with Crippen LogP contribution in [0, 0.1) is 0 Å². The van der Waals surface area contributed by atoms with Crippen molar-refractivity contribution in [2.24, 2.45) is 0 Å². The first-order valence-electron chi connectivity index (χ1n) is 8.18. The first kappa shape index (κ1) is 17.8. The summed E-state index contributed by atoms with van der Waals surface area (Å²) in [4.78, 5) is 9.19. The fourth-order valence-corrected chi connectivity index (χ4v) is 2.69. The molecule has 0 aliphatic heterocycles. The third-order valence-corrected chi connectivity index (χ3v) is 4.02. The first-order chi connectivity index (χ1) is 10.9. The van der Waals surface area contributed by atoms with Gasteiger partial charge in [0.05, 0.1) is 22.9 Å². The minimum atomic E-state index is 0. The molecule has 0 amide bonds. The molecule has 0 saturated heterocycles. The molecule has 1 heterocycles. The molecule has 0 fully saturated rings. The van der Waals surface area contributed by atoms with Crippen LogP contribution in [0.5, 0.6) is 0 Å². The third kappa shape index (κ3) is 4.70. The van der Waals surface area contributed by atoms with Crippen LogP contribution in [0.2, 0.25) is 0 Å². The van der Waals surface area contributed by atoms with Gasteiger partial charge in [0.2, 0.25) is 0 Å². The maximum Gasteiger partial charge on any atom is 0.0894 e. The van der Waals surface area contributed by atoms with Crippen molar-refractivity contribution in [2.75, 3.05) is 0 Å². The molecule has 0 saturated carbocycles. The van der Waals surface area contributed by atoms with E-state index in [9.17, 15) is 0 Å². The molecule has 3 aromatic rings. The molecular weight excluding hydrogens is 460 g/mol. The molecule has 2 aromatic carbocycles. The second kappa shape index (κ2) is 8.90. The smallest absolute Gasteiger partial charge is 0.0894 e. The van der Waals surface area contributed by atoms with Gasteiger partial charge in [-0.2, -0.15) is 0 Å². The summed E-state index contributed by atoms with van der Waals surface area (Å²) in [5.74, 6) is 0. The summed E-state index contributed by atoms with van der Waals surface area (Å²) in [6, 6.07) is 16.8. The van der Waals surface area contributed by atoms with E-state index in [-0.39, 0.29) is 20.1 Å². The Bertz CT molecular complexity index is 738. The molecule has 0 N–H and O–H groups in total. The van der Waals surface area contributed by atoms with Gasteiger partial charge in [0.25, 0.3) is 0 Å². The van der Waals surface area contributed by atoms with Gasteiger partial charge in [-0.1, -0.05) is 62.6 Å². The fraction of sp³-hybridized carbons (Fsp3) is 0.300. The molecule has 0 atom stereocenters. The van der Waals surface area contributed by atoms with Crippen molar-refractivity contribution in [2.45, 2.75) is 39.0 Å². The van der Waals surface area contributed by atoms with Crippen LogP contribution in [-0.4, -0.2) is 9.97 Å². The van der Waals surface area contributed by atoms with E-state index in [1.807, 2.05) is 30.5 Å². The van der Waals surface area contributed by atoms with E-state index < -0.39 is 0 Å². The molecule has 0 bridgehead atoms. The van der Waals surface area contributed by atoms with Crippen molar-refractivity contribution in [3.8, 4) is 11.3 Å². The number of fused-ring (bicyclic) bond motifs is 1. The Labute approximate surface area is 151 Å². The monoisotopic (exact) mass is 483 g/mol. The summed E-state index contributed by atoms with van der Waals surface area (Å²) >= 11 is 0. The molecule has 1 aromatic heterocycles. The van der Waals surface area contributed by atoms with Crippen molar-refractivity contribution in [3.05, 3.63) is 60.3 Å². The van der Waals surface area contributed by atoms with Gasteiger partial charge < -0.3 is 0 Å². The van der Waals surface area contributed by atoms with Gasteiger partial charge in [-0.05, 0) is 30.5 Å². The van der Waals surface area contributed by atoms with E-state index in [1.165, 1.54) is 37.7 Å². The summed E-state index contributed by atoms with van der Waals surface area (Å²) in [6.07, 6.45) is 8.27. The van der Waals surface area contributed by atoms with Gasteiger partial charge in [0, 0.05) is 25.7 Å². The van der Waals surface area contributed by atoms with E-state index >= 15 is 0 Å². The zero-order chi connectivity index (χ0) is 15.2. The van der Waals surface area contributed by atoms with E-state index in [1.54, 1.807) is 0 Å². The van der Waals surface area contributed by atoms with Crippen LogP contribution in [0.25, 0.3) is 22.3 Å². The van der Waals surface area contributed by atoms with Crippen molar-refractivity contribution >= 4 is 11.0 Å². The second-order valence-electron chi connectivity index (χ2n) is 5.75. The van der Waals surface area contributed by atoms with Crippen molar-refractivity contribution in [1.82, 2.24) is 9.97 Å². The van der Waals surface area contributed by atoms with Gasteiger partial charge in [0.15, 0.2) is 0 Å². The van der Waals surface area contributed by atoms with Crippen LogP contribution in [0.4, 0.5) is 0 Å². The predicted molar refractivity (Wildman–Crippen MR) is 92.8 cm³/mol. The zero-order valence-electron chi connectivity index (χ0n) is 13.5. The van der Waals surface area contributed by atoms with Gasteiger partial charge >= 0.3 is 0 Å². The Kier molecular flexibility index (Phi) is 6.88. The van der Waals surface area contributed by atoms with Crippen LogP contribution in [-0.2, 0) is 26.5 Å². The quantitative estimate of drug-likeness (QED) is 0.439. The number of aromatic nitrogens is 2. The molecule has 0 aliphatic carbocycles. The minimum absolute atomic E-state index is 0. The largest absolute Gasteiger partial charge is 0.252 e. The third-order valence-electron chi connectivity index (χ3n) is 4.02. The predicted octanol–water partition coefficient (Wildman–Crippen LogP) is 5.42. The number of aryl methyl sites for hydroxylation is 1. The minimum Gasteiger partial charge on any atom is -0.252 e. The zero-order valence-corrected chi connectivity index (χ0v) is 15.9. The van der Waals surface area contributed by atoms with Crippen LogP contribution < -0.4 is 0 Å². The maximum absolute atomic E-state index is 4.70. The Hall–Kier alpha value is -1.57. The van der Waals surface area contributed by atoms with Gasteiger partial charge in [-0.25, -0.2) is 4.98 Å².